The highest BCUT2D eigenvalue weighted by Gasteiger charge is 2.55. The van der Waals surface area contributed by atoms with Crippen LogP contribution in [0.15, 0.2) is 30.3 Å². The van der Waals surface area contributed by atoms with Crippen molar-refractivity contribution in [2.24, 2.45) is 17.1 Å². The van der Waals surface area contributed by atoms with Crippen molar-refractivity contribution in [1.29, 1.82) is 0 Å². The molecule has 9 nitrogen and oxygen atoms in total. The van der Waals surface area contributed by atoms with Gasteiger partial charge in [0.15, 0.2) is 6.79 Å². The molecule has 39 heavy (non-hydrogen) atoms. The molecule has 0 aromatic heterocycles. The third kappa shape index (κ3) is 9.52. The van der Waals surface area contributed by atoms with Crippen LogP contribution in [0, 0.1) is 11.3 Å². The number of carboxylic acid groups (broad SMARTS) is 1. The van der Waals surface area contributed by atoms with Gasteiger partial charge in [-0.2, -0.15) is 9.28 Å². The van der Waals surface area contributed by atoms with Crippen LogP contribution in [-0.2, 0) is 29.8 Å². The summed E-state index contributed by atoms with van der Waals surface area (Å²) in [4.78, 5) is 38.6. The average molecular weight is 568 g/mol. The predicted molar refractivity (Wildman–Crippen MR) is 151 cm³/mol. The summed E-state index contributed by atoms with van der Waals surface area (Å²) in [6.07, 6.45) is 4.14. The van der Waals surface area contributed by atoms with Gasteiger partial charge in [-0.05, 0) is 71.9 Å². The van der Waals surface area contributed by atoms with Crippen molar-refractivity contribution in [1.82, 2.24) is 0 Å². The van der Waals surface area contributed by atoms with E-state index in [4.69, 9.17) is 15.0 Å². The van der Waals surface area contributed by atoms with E-state index >= 15 is 0 Å². The van der Waals surface area contributed by atoms with Gasteiger partial charge in [0.05, 0.1) is 17.9 Å². The van der Waals surface area contributed by atoms with Gasteiger partial charge in [0.2, 0.25) is 7.37 Å². The van der Waals surface area contributed by atoms with Gasteiger partial charge in [0.25, 0.3) is 0 Å². The van der Waals surface area contributed by atoms with Crippen LogP contribution >= 0.6 is 7.37 Å². The molecule has 0 bridgehead atoms. The number of nitrogens with two attached hydrogens (primary N) is 1. The molecule has 3 unspecified atom stereocenters. The molecule has 1 aliphatic rings. The largest absolute Gasteiger partial charge is 0.521 e. The Kier molecular flexibility index (Phi) is 12.8. The van der Waals surface area contributed by atoms with Crippen molar-refractivity contribution in [2.75, 3.05) is 32.2 Å². The second kappa shape index (κ2) is 15.1. The number of hydrogen-bond donors (Lipinski definition) is 2. The van der Waals surface area contributed by atoms with E-state index in [2.05, 4.69) is 0 Å². The Bertz CT molecular complexity index is 995. The van der Waals surface area contributed by atoms with Crippen molar-refractivity contribution in [3.63, 3.8) is 0 Å². The van der Waals surface area contributed by atoms with Crippen LogP contribution in [0.25, 0.3) is 0 Å². The monoisotopic (exact) mass is 567 g/mol. The first-order valence-electron chi connectivity index (χ1n) is 14.1. The van der Waals surface area contributed by atoms with Crippen molar-refractivity contribution in [3.05, 3.63) is 35.9 Å². The van der Waals surface area contributed by atoms with Crippen molar-refractivity contribution < 1.29 is 37.8 Å². The Labute approximate surface area is 233 Å². The lowest BCUT2D eigenvalue weighted by atomic mass is 9.98. The predicted octanol–water partition coefficient (Wildman–Crippen LogP) is 5.80. The van der Waals surface area contributed by atoms with E-state index in [1.54, 1.807) is 27.7 Å². The summed E-state index contributed by atoms with van der Waals surface area (Å²) in [5.74, 6) is -1.65. The number of imide groups is 1. The summed E-state index contributed by atoms with van der Waals surface area (Å²) in [6.45, 7) is 7.16. The quantitative estimate of drug-likeness (QED) is 0.0893. The van der Waals surface area contributed by atoms with Gasteiger partial charge in [-0.1, -0.05) is 36.8 Å². The maximum atomic E-state index is 14.2. The summed E-state index contributed by atoms with van der Waals surface area (Å²) in [5, 5.41) is 10.2. The molecule has 0 spiro atoms. The van der Waals surface area contributed by atoms with Crippen LogP contribution in [0.4, 0.5) is 4.79 Å². The zero-order valence-corrected chi connectivity index (χ0v) is 25.0. The van der Waals surface area contributed by atoms with Crippen LogP contribution in [0.3, 0.4) is 0 Å². The minimum absolute atomic E-state index is 0.0746. The molecule has 0 saturated carbocycles. The van der Waals surface area contributed by atoms with Crippen molar-refractivity contribution in [2.45, 2.75) is 85.1 Å². The van der Waals surface area contributed by atoms with E-state index in [0.29, 0.717) is 45.1 Å². The van der Waals surface area contributed by atoms with Gasteiger partial charge in [0, 0.05) is 25.2 Å². The van der Waals surface area contributed by atoms with Gasteiger partial charge in [-0.15, -0.1) is 0 Å². The minimum Gasteiger partial charge on any atom is -0.438 e. The molecule has 0 aliphatic carbocycles. The van der Waals surface area contributed by atoms with E-state index in [9.17, 15) is 24.1 Å². The Hall–Kier alpha value is -2.06. The number of ether oxygens (including phenoxy) is 1. The molecule has 0 radical (unpaired) electrons. The molecule has 1 aliphatic heterocycles. The number of benzene rings is 1. The molecule has 1 aromatic rings. The van der Waals surface area contributed by atoms with E-state index in [1.807, 2.05) is 30.3 Å². The molecular weight excluding hydrogens is 519 g/mol. The number of carbonyl (C=O) groups is 3. The normalized spacial score (nSPS) is 21.7. The van der Waals surface area contributed by atoms with Crippen LogP contribution < -0.4 is 5.73 Å². The molecule has 2 amide bonds. The molecule has 1 aromatic carbocycles. The third-order valence-corrected chi connectivity index (χ3v) is 10.2. The lowest BCUT2D eigenvalue weighted by molar-refractivity contribution is -0.794. The Balaban J connectivity index is 2.23. The first-order chi connectivity index (χ1) is 18.4. The number of rotatable bonds is 15. The number of esters is 1. The number of likely N-dealkylation sites (tertiary alicyclic amines) is 1. The van der Waals surface area contributed by atoms with Crippen LogP contribution in [0.5, 0.6) is 0 Å². The third-order valence-electron chi connectivity index (χ3n) is 7.62. The summed E-state index contributed by atoms with van der Waals surface area (Å²) in [6, 6.07) is 9.64. The molecular formula is C29H48N2O7P+. The molecule has 1 heterocycles. The number of unbranched alkanes of at least 4 members (excludes halogenated alkanes) is 2. The average Bonchev–Trinajstić information content (AvgIpc) is 3.28. The molecule has 2 rings (SSSR count). The first-order valence-corrected chi connectivity index (χ1v) is 16.1. The van der Waals surface area contributed by atoms with Gasteiger partial charge in [0.1, 0.15) is 6.04 Å². The highest BCUT2D eigenvalue weighted by Crippen LogP contribution is 2.51. The van der Waals surface area contributed by atoms with Gasteiger partial charge < -0.3 is 15.6 Å². The molecule has 10 heteroatoms. The van der Waals surface area contributed by atoms with Crippen molar-refractivity contribution >= 4 is 25.3 Å². The van der Waals surface area contributed by atoms with Crippen LogP contribution in [0.1, 0.15) is 78.2 Å². The second-order valence-electron chi connectivity index (χ2n) is 11.8. The number of hydrogen-bond acceptors (Lipinski definition) is 7. The van der Waals surface area contributed by atoms with E-state index < -0.39 is 47.9 Å². The van der Waals surface area contributed by atoms with Gasteiger partial charge >= 0.3 is 18.0 Å². The maximum absolute atomic E-state index is 14.2. The fourth-order valence-electron chi connectivity index (χ4n) is 5.20. The fraction of sp³-hybridized carbons (Fsp3) is 0.690. The van der Waals surface area contributed by atoms with E-state index in [-0.39, 0.29) is 24.9 Å². The standard InChI is InChI=1S/C29H47N2O7P/c1-23-13-12-19-31(23,28(34)35)26(32)25(17-8-10-18-30)21-39(36,38-22-37-27(33)29(2,3)4)20-11-9-16-24-14-6-5-7-15-24/h5-7,14-15,23,25H,8-13,16-22,30H2,1-4H3/p+1/t23-,25?,31?,39?/m1/s1. The first kappa shape index (κ1) is 33.1. The molecule has 1 fully saturated rings. The van der Waals surface area contributed by atoms with E-state index in [1.165, 1.54) is 5.56 Å². The summed E-state index contributed by atoms with van der Waals surface area (Å²) in [5.41, 5.74) is 6.12. The zero-order chi connectivity index (χ0) is 29.1. The van der Waals surface area contributed by atoms with Crippen molar-refractivity contribution in [3.8, 4) is 0 Å². The number of carbonyl (C=O) groups excluding carboxylic acids is 2. The Morgan fingerprint density at radius 2 is 1.82 bits per heavy atom. The second-order valence-corrected chi connectivity index (χ2v) is 14.5. The SMILES string of the molecule is C[C@@H]1CCC[N+]1(C(=O)O)C(=O)C(CCCCN)CP(=O)(CCCCc1ccccc1)OCOC(=O)C(C)(C)C. The molecule has 220 valence electrons. The fourth-order valence-corrected chi connectivity index (χ4v) is 7.58. The zero-order valence-electron chi connectivity index (χ0n) is 24.1. The van der Waals surface area contributed by atoms with Gasteiger partial charge in [-0.3, -0.25) is 13.9 Å². The van der Waals surface area contributed by atoms with E-state index in [0.717, 1.165) is 12.8 Å². The number of aryl methyl sites for hydroxylation is 1. The molecule has 3 N–H and O–H groups in total. The lowest BCUT2D eigenvalue weighted by Gasteiger charge is -2.34. The van der Waals surface area contributed by atoms with Gasteiger partial charge in [-0.25, -0.2) is 4.79 Å². The summed E-state index contributed by atoms with van der Waals surface area (Å²) < 4.78 is 24.6. The summed E-state index contributed by atoms with van der Waals surface area (Å²) >= 11 is 0. The summed E-state index contributed by atoms with van der Waals surface area (Å²) in [7, 11) is -3.46. The Morgan fingerprint density at radius 3 is 2.38 bits per heavy atom. The highest BCUT2D eigenvalue weighted by atomic mass is 31.2. The van der Waals surface area contributed by atoms with Crippen LogP contribution in [0.2, 0.25) is 0 Å². The Morgan fingerprint density at radius 1 is 1.13 bits per heavy atom. The smallest absolute Gasteiger partial charge is 0.438 e. The number of quaternary nitrogens is 1. The highest BCUT2D eigenvalue weighted by molar-refractivity contribution is 7.59. The lowest BCUT2D eigenvalue weighted by Crippen LogP contribution is -2.61. The topological polar surface area (TPSA) is 133 Å². The minimum atomic E-state index is -3.46. The van der Waals surface area contributed by atoms with Crippen LogP contribution in [-0.4, -0.2) is 65.8 Å². The molecule has 1 saturated heterocycles. The molecule has 4 atom stereocenters. The number of nitrogens with zero attached hydrogens (tertiary/aromatic N) is 1. The number of amides is 2. The maximum Gasteiger partial charge on any atom is 0.521 e.